The van der Waals surface area contributed by atoms with Gasteiger partial charge in [0, 0.05) is 33.6 Å². The van der Waals surface area contributed by atoms with E-state index >= 15 is 0 Å². The topological polar surface area (TPSA) is 6.48 Å². The molecule has 2 nitrogen and oxygen atoms in total. The third kappa shape index (κ3) is 4.17. The minimum Gasteiger partial charge on any atom is -0.309 e. The quantitative estimate of drug-likeness (QED) is 0.184. The van der Waals surface area contributed by atoms with Crippen LogP contribution in [-0.4, -0.2) is 0 Å². The van der Waals surface area contributed by atoms with Crippen molar-refractivity contribution in [1.82, 2.24) is 0 Å². The van der Waals surface area contributed by atoms with E-state index in [1.165, 1.54) is 101 Å². The molecule has 3 aliphatic rings. The number of anilines is 6. The summed E-state index contributed by atoms with van der Waals surface area (Å²) in [7, 11) is 0. The van der Waals surface area contributed by atoms with Crippen molar-refractivity contribution in [3.8, 4) is 55.6 Å². The van der Waals surface area contributed by atoms with Gasteiger partial charge in [-0.15, -0.1) is 0 Å². The summed E-state index contributed by atoms with van der Waals surface area (Å²) in [4.78, 5) is 4.92. The lowest BCUT2D eigenvalue weighted by Gasteiger charge is -2.28. The van der Waals surface area contributed by atoms with Crippen LogP contribution in [0.4, 0.5) is 34.1 Å². The van der Waals surface area contributed by atoms with Crippen molar-refractivity contribution >= 4 is 34.1 Å². The van der Waals surface area contributed by atoms with Gasteiger partial charge in [0.05, 0.1) is 22.7 Å². The van der Waals surface area contributed by atoms with Gasteiger partial charge in [0.2, 0.25) is 0 Å². The van der Waals surface area contributed by atoms with E-state index in [1.807, 2.05) is 0 Å². The maximum Gasteiger partial charge on any atom is 0.0540 e. The smallest absolute Gasteiger partial charge is 0.0540 e. The van der Waals surface area contributed by atoms with Crippen LogP contribution in [-0.2, 0) is 6.42 Å². The summed E-state index contributed by atoms with van der Waals surface area (Å²) in [5.74, 6) is 0. The summed E-state index contributed by atoms with van der Waals surface area (Å²) >= 11 is 0. The molecule has 2 heteroatoms. The van der Waals surface area contributed by atoms with Crippen molar-refractivity contribution in [2.24, 2.45) is 0 Å². The fourth-order valence-corrected chi connectivity index (χ4v) is 8.77. The van der Waals surface area contributed by atoms with Crippen LogP contribution in [0.3, 0.4) is 0 Å². The monoisotopic (exact) mass is 648 g/mol. The second-order valence-corrected chi connectivity index (χ2v) is 13.7. The molecule has 8 aromatic rings. The molecule has 0 fully saturated rings. The third-order valence-electron chi connectivity index (χ3n) is 11.0. The Morgan fingerprint density at radius 2 is 0.529 bits per heavy atom. The number of rotatable bonds is 2. The summed E-state index contributed by atoms with van der Waals surface area (Å²) in [6, 6.07) is 67.1. The molecule has 238 valence electrons. The largest absolute Gasteiger partial charge is 0.309 e. The van der Waals surface area contributed by atoms with Crippen LogP contribution in [0.5, 0.6) is 0 Å². The number of hydrogen-bond donors (Lipinski definition) is 0. The van der Waals surface area contributed by atoms with Crippen molar-refractivity contribution in [3.63, 3.8) is 0 Å². The zero-order valence-electron chi connectivity index (χ0n) is 27.9. The lowest BCUT2D eigenvalue weighted by atomic mass is 9.95. The van der Waals surface area contributed by atoms with Crippen molar-refractivity contribution in [1.29, 1.82) is 0 Å². The van der Waals surface area contributed by atoms with Gasteiger partial charge in [0.15, 0.2) is 0 Å². The number of nitrogens with zero attached hydrogens (tertiary/aromatic N) is 2. The molecular weight excluding hydrogens is 617 g/mol. The fourth-order valence-electron chi connectivity index (χ4n) is 8.77. The summed E-state index contributed by atoms with van der Waals surface area (Å²) < 4.78 is 0. The molecule has 2 aliphatic heterocycles. The highest BCUT2D eigenvalue weighted by Gasteiger charge is 2.29. The average Bonchev–Trinajstić information content (AvgIpc) is 3.43. The molecule has 0 amide bonds. The van der Waals surface area contributed by atoms with Gasteiger partial charge in [0.25, 0.3) is 0 Å². The molecule has 0 atom stereocenters. The summed E-state index contributed by atoms with van der Waals surface area (Å²) in [6.07, 6.45) is 0.890. The van der Waals surface area contributed by atoms with Gasteiger partial charge in [-0.1, -0.05) is 133 Å². The molecule has 0 aromatic heterocycles. The Bertz CT molecular complexity index is 2380. The van der Waals surface area contributed by atoms with E-state index in [-0.39, 0.29) is 0 Å². The molecule has 0 bridgehead atoms. The van der Waals surface area contributed by atoms with E-state index in [9.17, 15) is 0 Å². The Kier molecular flexibility index (Phi) is 6.05. The summed E-state index contributed by atoms with van der Waals surface area (Å²) in [5.41, 5.74) is 22.6. The van der Waals surface area contributed by atoms with Crippen LogP contribution >= 0.6 is 0 Å². The molecule has 51 heavy (non-hydrogen) atoms. The summed E-state index contributed by atoms with van der Waals surface area (Å²) in [6.45, 7) is 0. The Hall–Kier alpha value is -6.64. The highest BCUT2D eigenvalue weighted by atomic mass is 15.2. The highest BCUT2D eigenvalue weighted by molar-refractivity contribution is 6.04. The van der Waals surface area contributed by atoms with E-state index < -0.39 is 0 Å². The molecule has 1 aliphatic carbocycles. The molecule has 0 spiro atoms. The normalized spacial score (nSPS) is 12.9. The first-order chi connectivity index (χ1) is 25.3. The van der Waals surface area contributed by atoms with Crippen molar-refractivity contribution in [2.45, 2.75) is 6.42 Å². The second kappa shape index (κ2) is 10.9. The van der Waals surface area contributed by atoms with Crippen molar-refractivity contribution in [3.05, 3.63) is 193 Å². The van der Waals surface area contributed by atoms with Crippen LogP contribution in [0.25, 0.3) is 55.6 Å². The molecule has 0 saturated heterocycles. The minimum absolute atomic E-state index is 0.890. The predicted octanol–water partition coefficient (Wildman–Crippen LogP) is 13.5. The first-order valence-electron chi connectivity index (χ1n) is 17.7. The highest BCUT2D eigenvalue weighted by Crippen LogP contribution is 2.53. The molecule has 0 unspecified atom stereocenters. The van der Waals surface area contributed by atoms with Gasteiger partial charge in [-0.05, 0) is 99.5 Å². The van der Waals surface area contributed by atoms with Crippen LogP contribution in [0.1, 0.15) is 11.1 Å². The van der Waals surface area contributed by atoms with Crippen molar-refractivity contribution in [2.75, 3.05) is 9.80 Å². The van der Waals surface area contributed by atoms with Crippen LogP contribution in [0, 0.1) is 0 Å². The van der Waals surface area contributed by atoms with Gasteiger partial charge in [-0.3, -0.25) is 0 Å². The SMILES string of the molecule is c1ccc2c(c1)-c1ccccc1N(c1ccc3c(c1)Cc1cc(N4c5ccccc5-c5ccccc5-c5ccccc54)ccc1-3)c1ccccc1-2. The standard InChI is InChI=1S/C49H32N2/c1-2-14-39-38(13-1)42-17-5-9-21-46(42)50(47-22-10-6-18-43(39)47)34-25-27-36-32(30-34)29-33-31-35(26-28-37(33)36)51-48-23-11-7-19-44(48)40-15-3-4-16-41(40)45-20-8-12-24-49(45)51/h1-28,30-31H,29H2. The van der Waals surface area contributed by atoms with Crippen LogP contribution in [0.2, 0.25) is 0 Å². The summed E-state index contributed by atoms with van der Waals surface area (Å²) in [5, 5.41) is 0. The number of hydrogen-bond acceptors (Lipinski definition) is 2. The van der Waals surface area contributed by atoms with Gasteiger partial charge in [-0.25, -0.2) is 0 Å². The second-order valence-electron chi connectivity index (χ2n) is 13.7. The third-order valence-corrected chi connectivity index (χ3v) is 11.0. The van der Waals surface area contributed by atoms with Gasteiger partial charge in [0.1, 0.15) is 0 Å². The maximum absolute atomic E-state index is 2.46. The predicted molar refractivity (Wildman–Crippen MR) is 213 cm³/mol. The van der Waals surface area contributed by atoms with E-state index in [1.54, 1.807) is 0 Å². The fraction of sp³-hybridized carbons (Fsp3) is 0.0204. The Morgan fingerprint density at radius 3 is 0.843 bits per heavy atom. The molecule has 0 radical (unpaired) electrons. The maximum atomic E-state index is 2.46. The number of benzene rings is 8. The zero-order chi connectivity index (χ0) is 33.5. The molecule has 0 N–H and O–H groups in total. The van der Waals surface area contributed by atoms with Gasteiger partial charge in [-0.2, -0.15) is 0 Å². The molecular formula is C49H32N2. The molecule has 2 heterocycles. The van der Waals surface area contributed by atoms with E-state index in [4.69, 9.17) is 0 Å². The molecule has 0 saturated carbocycles. The Labute approximate surface area is 298 Å². The number of para-hydroxylation sites is 4. The molecule has 11 rings (SSSR count). The molecule has 8 aromatic carbocycles. The first kappa shape index (κ1) is 28.2. The van der Waals surface area contributed by atoms with Crippen LogP contribution < -0.4 is 9.80 Å². The van der Waals surface area contributed by atoms with E-state index in [0.29, 0.717) is 0 Å². The lowest BCUT2D eigenvalue weighted by molar-refractivity contribution is 1.22. The first-order valence-corrected chi connectivity index (χ1v) is 17.7. The van der Waals surface area contributed by atoms with Gasteiger partial charge >= 0.3 is 0 Å². The Morgan fingerprint density at radius 1 is 0.255 bits per heavy atom. The van der Waals surface area contributed by atoms with Crippen molar-refractivity contribution < 1.29 is 0 Å². The average molecular weight is 649 g/mol. The van der Waals surface area contributed by atoms with E-state index in [0.717, 1.165) is 6.42 Å². The Balaban J connectivity index is 1.03. The van der Waals surface area contributed by atoms with Gasteiger partial charge < -0.3 is 9.80 Å². The zero-order valence-corrected chi connectivity index (χ0v) is 27.9. The number of fused-ring (bicyclic) bond motifs is 13. The lowest BCUT2D eigenvalue weighted by Crippen LogP contribution is -2.11. The minimum atomic E-state index is 0.890. The van der Waals surface area contributed by atoms with E-state index in [2.05, 4.69) is 192 Å². The van der Waals surface area contributed by atoms with Crippen LogP contribution in [0.15, 0.2) is 182 Å².